The van der Waals surface area contributed by atoms with Gasteiger partial charge in [-0.15, -0.1) is 0 Å². The van der Waals surface area contributed by atoms with E-state index in [4.69, 9.17) is 45.1 Å². The number of primary amides is 1. The summed E-state index contributed by atoms with van der Waals surface area (Å²) in [5.74, 6) is -0.512. The summed E-state index contributed by atoms with van der Waals surface area (Å²) < 4.78 is 30.0. The molecule has 0 unspecified atom stereocenters. The summed E-state index contributed by atoms with van der Waals surface area (Å²) >= 11 is 20.2. The Labute approximate surface area is 168 Å². The van der Waals surface area contributed by atoms with Crippen LogP contribution in [0.5, 0.6) is 0 Å². The number of rotatable bonds is 3. The minimum absolute atomic E-state index is 0.323. The molecule has 0 saturated carbocycles. The molecule has 0 aliphatic carbocycles. The number of amides is 1. The highest BCUT2D eigenvalue weighted by Gasteiger charge is 2.05. The molecule has 0 atom stereocenters. The van der Waals surface area contributed by atoms with Gasteiger partial charge in [0.1, 0.15) is 0 Å². The van der Waals surface area contributed by atoms with Crippen LogP contribution in [-0.2, 0) is 10.1 Å². The van der Waals surface area contributed by atoms with E-state index in [9.17, 15) is 13.2 Å². The maximum absolute atomic E-state index is 10.7. The Morgan fingerprint density at radius 1 is 1.04 bits per heavy atom. The van der Waals surface area contributed by atoms with Gasteiger partial charge in [0.25, 0.3) is 10.1 Å². The van der Waals surface area contributed by atoms with Crippen molar-refractivity contribution < 1.29 is 17.8 Å². The highest BCUT2D eigenvalue weighted by atomic mass is 79.9. The summed E-state index contributed by atoms with van der Waals surface area (Å²) in [5, 5.41) is 1.75. The maximum Gasteiger partial charge on any atom is 0.287 e. The Balaban J connectivity index is 0.000000257. The van der Waals surface area contributed by atoms with E-state index in [1.807, 2.05) is 0 Å². The lowest BCUT2D eigenvalue weighted by Gasteiger charge is -1.98. The lowest BCUT2D eigenvalue weighted by molar-refractivity contribution is 0.100. The summed E-state index contributed by atoms with van der Waals surface area (Å²) in [6.07, 6.45) is 1.22. The topological polar surface area (TPSA) is 97.5 Å². The molecule has 10 heteroatoms. The molecule has 0 heterocycles. The first-order valence-corrected chi connectivity index (χ1v) is 9.78. The predicted octanol–water partition coefficient (Wildman–Crippen LogP) is 5.05. The van der Waals surface area contributed by atoms with E-state index in [1.54, 1.807) is 24.3 Å². The zero-order valence-corrected chi connectivity index (χ0v) is 17.0. The number of carbonyl (C=O) groups is 1. The smallest absolute Gasteiger partial charge is 0.287 e. The van der Waals surface area contributed by atoms with Gasteiger partial charge >= 0.3 is 0 Å². The summed E-state index contributed by atoms with van der Waals surface area (Å²) in [4.78, 5) is 10.7. The number of carbonyl (C=O) groups excluding carboxylic acids is 1. The highest BCUT2D eigenvalue weighted by molar-refractivity contribution is 9.10. The fraction of sp³-hybridized carbons (Fsp3) is 0. The average molecular weight is 488 g/mol. The molecule has 5 nitrogen and oxygen atoms in total. The molecule has 1 amide bonds. The Morgan fingerprint density at radius 2 is 1.68 bits per heavy atom. The standard InChI is InChI=1S/C8H6Cl2O3S.C7H5BrClNO/c9-7-2-1-6(5-8(7)10)3-4-14(11,12)13;8-4-1-2-5(7(10)11)6(9)3-4/h1-5H,(H,11,12,13);1-3H,(H2,10,11)/b4-3+;. The van der Waals surface area contributed by atoms with Gasteiger partial charge in [0.05, 0.1) is 26.0 Å². The minimum atomic E-state index is -4.10. The van der Waals surface area contributed by atoms with E-state index in [1.165, 1.54) is 18.2 Å². The molecule has 2 aromatic rings. The fourth-order valence-corrected chi connectivity index (χ4v) is 2.87. The van der Waals surface area contributed by atoms with Crippen LogP contribution in [0.25, 0.3) is 6.08 Å². The molecule has 0 aliphatic heterocycles. The molecule has 0 spiro atoms. The highest BCUT2D eigenvalue weighted by Crippen LogP contribution is 2.23. The van der Waals surface area contributed by atoms with Crippen LogP contribution in [0.15, 0.2) is 46.3 Å². The molecule has 2 rings (SSSR count). The van der Waals surface area contributed by atoms with Crippen molar-refractivity contribution >= 4 is 72.8 Å². The Bertz CT molecular complexity index is 917. The Morgan fingerprint density at radius 3 is 2.16 bits per heavy atom. The van der Waals surface area contributed by atoms with Crippen LogP contribution in [0.2, 0.25) is 15.1 Å². The van der Waals surface area contributed by atoms with E-state index in [-0.39, 0.29) is 0 Å². The zero-order valence-electron chi connectivity index (χ0n) is 12.3. The first-order valence-electron chi connectivity index (χ1n) is 6.35. The second-order valence-corrected chi connectivity index (χ2v) is 7.92. The molecule has 0 bridgehead atoms. The third-order valence-corrected chi connectivity index (χ3v) is 4.60. The molecule has 0 radical (unpaired) electrons. The van der Waals surface area contributed by atoms with Crippen LogP contribution in [0.3, 0.4) is 0 Å². The van der Waals surface area contributed by atoms with Crippen molar-refractivity contribution in [2.24, 2.45) is 5.73 Å². The van der Waals surface area contributed by atoms with Gasteiger partial charge in [-0.05, 0) is 42.0 Å². The molecule has 0 aliphatic rings. The van der Waals surface area contributed by atoms with Crippen LogP contribution >= 0.6 is 50.7 Å². The SMILES string of the molecule is NC(=O)c1ccc(Br)cc1Cl.O=S(=O)(O)/C=C/c1ccc(Cl)c(Cl)c1. The molecule has 134 valence electrons. The molecule has 2 aromatic carbocycles. The summed E-state index contributed by atoms with van der Waals surface area (Å²) in [5.41, 5.74) is 5.91. The quantitative estimate of drug-likeness (QED) is 0.592. The number of hydrogen-bond acceptors (Lipinski definition) is 3. The van der Waals surface area contributed by atoms with E-state index < -0.39 is 16.0 Å². The second kappa shape index (κ2) is 9.56. The molecular weight excluding hydrogens is 476 g/mol. The van der Waals surface area contributed by atoms with E-state index in [0.717, 1.165) is 4.47 Å². The lowest BCUT2D eigenvalue weighted by Crippen LogP contribution is -2.11. The third-order valence-electron chi connectivity index (χ3n) is 2.57. The fourth-order valence-electron chi connectivity index (χ4n) is 1.47. The first kappa shape index (κ1) is 22.0. The van der Waals surface area contributed by atoms with Crippen molar-refractivity contribution in [3.8, 4) is 0 Å². The zero-order chi connectivity index (χ0) is 19.2. The predicted molar refractivity (Wildman–Crippen MR) is 105 cm³/mol. The lowest BCUT2D eigenvalue weighted by atomic mass is 10.2. The molecule has 3 N–H and O–H groups in total. The normalized spacial score (nSPS) is 11.1. The Kier molecular flexibility index (Phi) is 8.40. The third kappa shape index (κ3) is 8.22. The largest absolute Gasteiger partial charge is 0.366 e. The molecule has 25 heavy (non-hydrogen) atoms. The van der Waals surface area contributed by atoms with Crippen molar-refractivity contribution in [2.75, 3.05) is 0 Å². The van der Waals surface area contributed by atoms with E-state index >= 15 is 0 Å². The summed E-state index contributed by atoms with van der Waals surface area (Å²) in [7, 11) is -4.10. The maximum atomic E-state index is 10.7. The number of hydrogen-bond donors (Lipinski definition) is 2. The van der Waals surface area contributed by atoms with Crippen LogP contribution in [0.4, 0.5) is 0 Å². The van der Waals surface area contributed by atoms with Gasteiger partial charge in [-0.2, -0.15) is 8.42 Å². The van der Waals surface area contributed by atoms with Gasteiger partial charge in [-0.25, -0.2) is 0 Å². The molecule has 0 saturated heterocycles. The monoisotopic (exact) mass is 485 g/mol. The van der Waals surface area contributed by atoms with Crippen molar-refractivity contribution in [1.82, 2.24) is 0 Å². The van der Waals surface area contributed by atoms with Crippen LogP contribution in [-0.4, -0.2) is 18.9 Å². The number of halogens is 4. The van der Waals surface area contributed by atoms with E-state index in [2.05, 4.69) is 15.9 Å². The van der Waals surface area contributed by atoms with Crippen LogP contribution in [0.1, 0.15) is 15.9 Å². The number of benzene rings is 2. The van der Waals surface area contributed by atoms with Gasteiger partial charge in [-0.3, -0.25) is 9.35 Å². The van der Waals surface area contributed by atoms with Gasteiger partial charge < -0.3 is 5.73 Å². The minimum Gasteiger partial charge on any atom is -0.366 e. The van der Waals surface area contributed by atoms with Gasteiger partial charge in [0, 0.05) is 4.47 Å². The van der Waals surface area contributed by atoms with Crippen molar-refractivity contribution in [3.63, 3.8) is 0 Å². The molecule has 0 fully saturated rings. The van der Waals surface area contributed by atoms with Gasteiger partial charge in [0.2, 0.25) is 5.91 Å². The average Bonchev–Trinajstić information content (AvgIpc) is 2.48. The molecular formula is C15H11BrCl3NO4S. The van der Waals surface area contributed by atoms with Crippen molar-refractivity contribution in [3.05, 3.63) is 72.5 Å². The molecule has 0 aromatic heterocycles. The summed E-state index contributed by atoms with van der Waals surface area (Å²) in [6.45, 7) is 0. The van der Waals surface area contributed by atoms with Gasteiger partial charge in [-0.1, -0.05) is 56.8 Å². The first-order chi connectivity index (χ1) is 11.5. The number of nitrogens with two attached hydrogens (primary N) is 1. The van der Waals surface area contributed by atoms with Gasteiger partial charge in [0.15, 0.2) is 0 Å². The Hall–Kier alpha value is -1.09. The van der Waals surface area contributed by atoms with Crippen LogP contribution < -0.4 is 5.73 Å². The van der Waals surface area contributed by atoms with Crippen molar-refractivity contribution in [2.45, 2.75) is 0 Å². The van der Waals surface area contributed by atoms with Crippen molar-refractivity contribution in [1.29, 1.82) is 0 Å². The second-order valence-electron chi connectivity index (χ2n) is 4.48. The van der Waals surface area contributed by atoms with E-state index in [0.29, 0.717) is 31.6 Å². The van der Waals surface area contributed by atoms with Crippen LogP contribution in [0, 0.1) is 0 Å². The summed E-state index contributed by atoms with van der Waals surface area (Å²) in [6, 6.07) is 9.53.